The normalized spacial score (nSPS) is 18.1. The van der Waals surface area contributed by atoms with Gasteiger partial charge in [-0.15, -0.1) is 0 Å². The summed E-state index contributed by atoms with van der Waals surface area (Å²) in [7, 11) is 4.57. The van der Waals surface area contributed by atoms with Gasteiger partial charge in [-0.05, 0) is 55.3 Å². The summed E-state index contributed by atoms with van der Waals surface area (Å²) in [6.45, 7) is 1.07. The Morgan fingerprint density at radius 1 is 1.10 bits per heavy atom. The number of carbonyl (C=O) groups is 1. The molecule has 0 spiro atoms. The molecule has 2 unspecified atom stereocenters. The van der Waals surface area contributed by atoms with Crippen LogP contribution in [0.5, 0.6) is 17.2 Å². The van der Waals surface area contributed by atoms with Crippen LogP contribution in [0, 0.1) is 11.7 Å². The van der Waals surface area contributed by atoms with Gasteiger partial charge in [-0.3, -0.25) is 9.69 Å². The lowest BCUT2D eigenvalue weighted by Crippen LogP contribution is -2.41. The molecule has 0 aliphatic carbocycles. The van der Waals surface area contributed by atoms with Crippen LogP contribution in [0.4, 0.5) is 4.39 Å². The molecule has 1 saturated heterocycles. The van der Waals surface area contributed by atoms with Crippen LogP contribution in [-0.4, -0.2) is 50.4 Å². The van der Waals surface area contributed by atoms with Crippen LogP contribution in [0.25, 0.3) is 0 Å². The second-order valence-electron chi connectivity index (χ2n) is 7.08. The van der Waals surface area contributed by atoms with Crippen LogP contribution in [0.3, 0.4) is 0 Å². The maximum Gasteiger partial charge on any atom is 0.307 e. The average molecular weight is 403 g/mol. The van der Waals surface area contributed by atoms with E-state index in [0.29, 0.717) is 36.6 Å². The second kappa shape index (κ2) is 9.13. The third-order valence-corrected chi connectivity index (χ3v) is 5.39. The van der Waals surface area contributed by atoms with Crippen LogP contribution in [0.1, 0.15) is 30.0 Å². The van der Waals surface area contributed by atoms with Crippen molar-refractivity contribution in [2.45, 2.75) is 18.9 Å². The molecule has 0 amide bonds. The van der Waals surface area contributed by atoms with Gasteiger partial charge < -0.3 is 19.3 Å². The number of piperidine rings is 1. The van der Waals surface area contributed by atoms with E-state index in [1.54, 1.807) is 38.5 Å². The summed E-state index contributed by atoms with van der Waals surface area (Å²) in [6.07, 6.45) is 1.38. The van der Waals surface area contributed by atoms with E-state index >= 15 is 0 Å². The minimum Gasteiger partial charge on any atom is -0.497 e. The number of rotatable bonds is 7. The molecule has 3 rings (SSSR count). The molecule has 2 aromatic carbocycles. The van der Waals surface area contributed by atoms with Crippen molar-refractivity contribution in [1.29, 1.82) is 0 Å². The van der Waals surface area contributed by atoms with Gasteiger partial charge in [0.25, 0.3) is 0 Å². The lowest BCUT2D eigenvalue weighted by atomic mass is 9.90. The predicted molar refractivity (Wildman–Crippen MR) is 106 cm³/mol. The number of likely N-dealkylation sites (tertiary alicyclic amines) is 1. The van der Waals surface area contributed by atoms with Gasteiger partial charge in [-0.1, -0.05) is 6.07 Å². The Labute approximate surface area is 169 Å². The van der Waals surface area contributed by atoms with Crippen molar-refractivity contribution in [1.82, 2.24) is 4.90 Å². The molecule has 7 heteroatoms. The van der Waals surface area contributed by atoms with Gasteiger partial charge in [0.2, 0.25) is 0 Å². The van der Waals surface area contributed by atoms with Gasteiger partial charge >= 0.3 is 5.97 Å². The van der Waals surface area contributed by atoms with Gasteiger partial charge in [0, 0.05) is 12.1 Å². The van der Waals surface area contributed by atoms with Gasteiger partial charge in [-0.2, -0.15) is 0 Å². The largest absolute Gasteiger partial charge is 0.497 e. The van der Waals surface area contributed by atoms with Crippen LogP contribution in [-0.2, 0) is 4.79 Å². The molecule has 0 radical (unpaired) electrons. The molecule has 2 atom stereocenters. The first-order chi connectivity index (χ1) is 14.0. The monoisotopic (exact) mass is 403 g/mol. The average Bonchev–Trinajstić information content (AvgIpc) is 2.74. The fourth-order valence-corrected chi connectivity index (χ4v) is 3.94. The third-order valence-electron chi connectivity index (χ3n) is 5.39. The standard InChI is InChI=1S/C22H26FNO5/c1-27-16-7-9-19(28-2)17(12-16)21(14-6-8-20(29-3)18(23)11-14)24-10-4-5-15(13-24)22(25)26/h6-9,11-12,15,21H,4-5,10,13H2,1-3H3,(H,25,26). The van der Waals surface area contributed by atoms with E-state index < -0.39 is 17.7 Å². The molecule has 2 aromatic rings. The van der Waals surface area contributed by atoms with Crippen molar-refractivity contribution >= 4 is 5.97 Å². The van der Waals surface area contributed by atoms with Gasteiger partial charge in [0.05, 0.1) is 33.3 Å². The number of carboxylic acids is 1. The molecule has 0 aromatic heterocycles. The number of hydrogen-bond donors (Lipinski definition) is 1. The predicted octanol–water partition coefficient (Wildman–Crippen LogP) is 3.74. The molecule has 1 heterocycles. The van der Waals surface area contributed by atoms with Crippen molar-refractivity contribution in [2.24, 2.45) is 5.92 Å². The lowest BCUT2D eigenvalue weighted by Gasteiger charge is -2.38. The Balaban J connectivity index is 2.12. The topological polar surface area (TPSA) is 68.2 Å². The minimum atomic E-state index is -0.813. The number of methoxy groups -OCH3 is 3. The molecule has 1 aliphatic rings. The highest BCUT2D eigenvalue weighted by atomic mass is 19.1. The summed E-state index contributed by atoms with van der Waals surface area (Å²) in [6, 6.07) is 9.90. The van der Waals surface area contributed by atoms with Crippen molar-refractivity contribution in [3.63, 3.8) is 0 Å². The molecule has 1 N–H and O–H groups in total. The molecule has 1 aliphatic heterocycles. The number of halogens is 1. The Bertz CT molecular complexity index is 872. The summed E-state index contributed by atoms with van der Waals surface area (Å²) in [5.41, 5.74) is 1.49. The van der Waals surface area contributed by atoms with E-state index in [1.165, 1.54) is 13.2 Å². The first-order valence-corrected chi connectivity index (χ1v) is 9.50. The van der Waals surface area contributed by atoms with E-state index in [1.807, 2.05) is 6.07 Å². The first-order valence-electron chi connectivity index (χ1n) is 9.50. The van der Waals surface area contributed by atoms with Gasteiger partial charge in [-0.25, -0.2) is 4.39 Å². The third kappa shape index (κ3) is 4.45. The summed E-state index contributed by atoms with van der Waals surface area (Å²) in [5.74, 6) is -0.315. The smallest absolute Gasteiger partial charge is 0.307 e. The fourth-order valence-electron chi connectivity index (χ4n) is 3.94. The number of carboxylic acid groups (broad SMARTS) is 1. The first kappa shape index (κ1) is 20.9. The van der Waals surface area contributed by atoms with Crippen molar-refractivity contribution in [3.8, 4) is 17.2 Å². The molecule has 1 fully saturated rings. The van der Waals surface area contributed by atoms with E-state index in [0.717, 1.165) is 12.0 Å². The van der Waals surface area contributed by atoms with Crippen molar-refractivity contribution < 1.29 is 28.5 Å². The minimum absolute atomic E-state index is 0.159. The number of benzene rings is 2. The number of nitrogens with zero attached hydrogens (tertiary/aromatic N) is 1. The molecular formula is C22H26FNO5. The zero-order valence-electron chi connectivity index (χ0n) is 16.9. The second-order valence-corrected chi connectivity index (χ2v) is 7.08. The Morgan fingerprint density at radius 2 is 1.83 bits per heavy atom. The summed E-state index contributed by atoms with van der Waals surface area (Å²) >= 11 is 0. The van der Waals surface area contributed by atoms with Crippen LogP contribution < -0.4 is 14.2 Å². The van der Waals surface area contributed by atoms with Crippen molar-refractivity contribution in [2.75, 3.05) is 34.4 Å². The SMILES string of the molecule is COc1ccc(OC)c(C(c2ccc(OC)c(F)c2)N2CCCC(C(=O)O)C2)c1. The van der Waals surface area contributed by atoms with E-state index in [2.05, 4.69) is 4.90 Å². The summed E-state index contributed by atoms with van der Waals surface area (Å²) in [5, 5.41) is 9.53. The Morgan fingerprint density at radius 3 is 2.45 bits per heavy atom. The Hall–Kier alpha value is -2.80. The highest BCUT2D eigenvalue weighted by molar-refractivity contribution is 5.70. The van der Waals surface area contributed by atoms with Crippen LogP contribution >= 0.6 is 0 Å². The number of aliphatic carboxylic acids is 1. The fraction of sp³-hybridized carbons (Fsp3) is 0.409. The molecule has 29 heavy (non-hydrogen) atoms. The highest BCUT2D eigenvalue weighted by Crippen LogP contribution is 2.40. The highest BCUT2D eigenvalue weighted by Gasteiger charge is 2.33. The van der Waals surface area contributed by atoms with Gasteiger partial charge in [0.1, 0.15) is 11.5 Å². The zero-order valence-corrected chi connectivity index (χ0v) is 16.9. The summed E-state index contributed by atoms with van der Waals surface area (Å²) < 4.78 is 30.5. The Kier molecular flexibility index (Phi) is 6.59. The molecule has 0 saturated carbocycles. The molecule has 156 valence electrons. The van der Waals surface area contributed by atoms with E-state index in [-0.39, 0.29) is 11.8 Å². The van der Waals surface area contributed by atoms with E-state index in [4.69, 9.17) is 14.2 Å². The number of hydrogen-bond acceptors (Lipinski definition) is 5. The van der Waals surface area contributed by atoms with Crippen LogP contribution in [0.2, 0.25) is 0 Å². The quantitative estimate of drug-likeness (QED) is 0.760. The number of ether oxygens (including phenoxy) is 3. The molecular weight excluding hydrogens is 377 g/mol. The molecule has 6 nitrogen and oxygen atoms in total. The maximum atomic E-state index is 14.5. The lowest BCUT2D eigenvalue weighted by molar-refractivity contribution is -0.143. The maximum absolute atomic E-state index is 14.5. The summed E-state index contributed by atoms with van der Waals surface area (Å²) in [4.78, 5) is 13.7. The molecule has 0 bridgehead atoms. The van der Waals surface area contributed by atoms with Crippen LogP contribution in [0.15, 0.2) is 36.4 Å². The van der Waals surface area contributed by atoms with Gasteiger partial charge in [0.15, 0.2) is 11.6 Å². The van der Waals surface area contributed by atoms with E-state index in [9.17, 15) is 14.3 Å². The van der Waals surface area contributed by atoms with Crippen molar-refractivity contribution in [3.05, 3.63) is 53.3 Å². The zero-order chi connectivity index (χ0) is 21.0.